The number of nitrogens with zero attached hydrogens (tertiary/aromatic N) is 1. The predicted octanol–water partition coefficient (Wildman–Crippen LogP) is 2.16. The summed E-state index contributed by atoms with van der Waals surface area (Å²) in [5.74, 6) is 0.667. The lowest BCUT2D eigenvalue weighted by Crippen LogP contribution is -2.32. The standard InChI is InChI=1S/C13H20N2O/c1-11(13-6-2-3-8-15-13)16-10-12-5-4-7-14-9-12/h2-3,6,8,11-12,14H,4-5,7,9-10H2,1H3. The van der Waals surface area contributed by atoms with E-state index in [1.165, 1.54) is 12.8 Å². The summed E-state index contributed by atoms with van der Waals surface area (Å²) in [5.41, 5.74) is 1.02. The highest BCUT2D eigenvalue weighted by atomic mass is 16.5. The Hall–Kier alpha value is -0.930. The molecule has 1 saturated heterocycles. The third kappa shape index (κ3) is 3.29. The maximum atomic E-state index is 5.86. The second-order valence-corrected chi connectivity index (χ2v) is 4.44. The average Bonchev–Trinajstić information content (AvgIpc) is 2.38. The molecule has 1 fully saturated rings. The molecule has 1 aromatic heterocycles. The van der Waals surface area contributed by atoms with E-state index in [4.69, 9.17) is 4.74 Å². The lowest BCUT2D eigenvalue weighted by Gasteiger charge is -2.24. The van der Waals surface area contributed by atoms with E-state index in [2.05, 4.69) is 17.2 Å². The largest absolute Gasteiger partial charge is 0.372 e. The number of pyridine rings is 1. The fourth-order valence-corrected chi connectivity index (χ4v) is 2.05. The van der Waals surface area contributed by atoms with Crippen molar-refractivity contribution in [2.24, 2.45) is 5.92 Å². The predicted molar refractivity (Wildman–Crippen MR) is 64.2 cm³/mol. The van der Waals surface area contributed by atoms with Gasteiger partial charge in [-0.2, -0.15) is 0 Å². The minimum absolute atomic E-state index is 0.100. The van der Waals surface area contributed by atoms with Crippen molar-refractivity contribution in [2.75, 3.05) is 19.7 Å². The molecule has 88 valence electrons. The molecule has 1 aliphatic heterocycles. The van der Waals surface area contributed by atoms with Crippen LogP contribution >= 0.6 is 0 Å². The van der Waals surface area contributed by atoms with E-state index in [0.717, 1.165) is 25.4 Å². The van der Waals surface area contributed by atoms with Gasteiger partial charge in [0.15, 0.2) is 0 Å². The van der Waals surface area contributed by atoms with Crippen LogP contribution in [0.1, 0.15) is 31.6 Å². The summed E-state index contributed by atoms with van der Waals surface area (Å²) in [4.78, 5) is 4.30. The Labute approximate surface area is 97.2 Å². The fourth-order valence-electron chi connectivity index (χ4n) is 2.05. The van der Waals surface area contributed by atoms with Crippen molar-refractivity contribution in [1.82, 2.24) is 10.3 Å². The minimum atomic E-state index is 0.100. The maximum Gasteiger partial charge on any atom is 0.0966 e. The van der Waals surface area contributed by atoms with E-state index >= 15 is 0 Å². The smallest absolute Gasteiger partial charge is 0.0966 e. The SMILES string of the molecule is CC(OCC1CCCNC1)c1ccccn1. The number of rotatable bonds is 4. The third-order valence-corrected chi connectivity index (χ3v) is 3.09. The van der Waals surface area contributed by atoms with Crippen LogP contribution in [0.4, 0.5) is 0 Å². The van der Waals surface area contributed by atoms with E-state index in [-0.39, 0.29) is 6.10 Å². The number of hydrogen-bond donors (Lipinski definition) is 1. The average molecular weight is 220 g/mol. The van der Waals surface area contributed by atoms with Crippen molar-refractivity contribution in [1.29, 1.82) is 0 Å². The van der Waals surface area contributed by atoms with Crippen LogP contribution in [-0.4, -0.2) is 24.7 Å². The highest BCUT2D eigenvalue weighted by molar-refractivity contribution is 5.05. The summed E-state index contributed by atoms with van der Waals surface area (Å²) in [6.07, 6.45) is 4.47. The maximum absolute atomic E-state index is 5.86. The van der Waals surface area contributed by atoms with Gasteiger partial charge in [-0.3, -0.25) is 4.98 Å². The third-order valence-electron chi connectivity index (χ3n) is 3.09. The van der Waals surface area contributed by atoms with E-state index in [0.29, 0.717) is 5.92 Å². The van der Waals surface area contributed by atoms with Crippen LogP contribution in [0.2, 0.25) is 0 Å². The van der Waals surface area contributed by atoms with Crippen molar-refractivity contribution in [2.45, 2.75) is 25.9 Å². The van der Waals surface area contributed by atoms with E-state index in [1.54, 1.807) is 0 Å². The molecule has 3 nitrogen and oxygen atoms in total. The van der Waals surface area contributed by atoms with Crippen LogP contribution in [0, 0.1) is 5.92 Å². The molecule has 0 aliphatic carbocycles. The minimum Gasteiger partial charge on any atom is -0.372 e. The van der Waals surface area contributed by atoms with Crippen LogP contribution in [-0.2, 0) is 4.74 Å². The van der Waals surface area contributed by atoms with Gasteiger partial charge in [-0.1, -0.05) is 6.07 Å². The summed E-state index contributed by atoms with van der Waals surface area (Å²) in [6, 6.07) is 5.95. The van der Waals surface area contributed by atoms with Gasteiger partial charge < -0.3 is 10.1 Å². The Balaban J connectivity index is 1.77. The van der Waals surface area contributed by atoms with Crippen molar-refractivity contribution in [3.05, 3.63) is 30.1 Å². The van der Waals surface area contributed by atoms with Crippen molar-refractivity contribution in [3.8, 4) is 0 Å². The molecule has 0 saturated carbocycles. The summed E-state index contributed by atoms with van der Waals surface area (Å²) in [5, 5.41) is 3.40. The molecule has 1 aliphatic rings. The first-order valence-electron chi connectivity index (χ1n) is 6.09. The van der Waals surface area contributed by atoms with Gasteiger partial charge in [0.25, 0.3) is 0 Å². The normalized spacial score (nSPS) is 22.9. The molecule has 2 atom stereocenters. The molecule has 0 aromatic carbocycles. The molecule has 0 amide bonds. The lowest BCUT2D eigenvalue weighted by molar-refractivity contribution is 0.0312. The van der Waals surface area contributed by atoms with Crippen LogP contribution < -0.4 is 5.32 Å². The zero-order valence-electron chi connectivity index (χ0n) is 9.86. The molecule has 0 radical (unpaired) electrons. The van der Waals surface area contributed by atoms with Crippen LogP contribution in [0.5, 0.6) is 0 Å². The summed E-state index contributed by atoms with van der Waals surface area (Å²) in [7, 11) is 0. The summed E-state index contributed by atoms with van der Waals surface area (Å²) in [6.45, 7) is 5.16. The van der Waals surface area contributed by atoms with Crippen molar-refractivity contribution in [3.63, 3.8) is 0 Å². The Morgan fingerprint density at radius 1 is 1.56 bits per heavy atom. The first-order valence-corrected chi connectivity index (χ1v) is 6.09. The molecule has 2 rings (SSSR count). The quantitative estimate of drug-likeness (QED) is 0.844. The Morgan fingerprint density at radius 3 is 3.19 bits per heavy atom. The summed E-state index contributed by atoms with van der Waals surface area (Å²) < 4.78 is 5.86. The molecule has 1 N–H and O–H groups in total. The van der Waals surface area contributed by atoms with Gasteiger partial charge in [0.2, 0.25) is 0 Å². The van der Waals surface area contributed by atoms with E-state index < -0.39 is 0 Å². The number of aromatic nitrogens is 1. The van der Waals surface area contributed by atoms with Gasteiger partial charge in [0.05, 0.1) is 18.4 Å². The van der Waals surface area contributed by atoms with E-state index in [9.17, 15) is 0 Å². The zero-order valence-corrected chi connectivity index (χ0v) is 9.86. The zero-order chi connectivity index (χ0) is 11.2. The van der Waals surface area contributed by atoms with Gasteiger partial charge in [-0.25, -0.2) is 0 Å². The molecule has 2 heterocycles. The molecule has 2 unspecified atom stereocenters. The van der Waals surface area contributed by atoms with E-state index in [1.807, 2.05) is 24.4 Å². The highest BCUT2D eigenvalue weighted by Gasteiger charge is 2.15. The summed E-state index contributed by atoms with van der Waals surface area (Å²) >= 11 is 0. The lowest BCUT2D eigenvalue weighted by atomic mass is 10.0. The van der Waals surface area contributed by atoms with Crippen LogP contribution in [0.3, 0.4) is 0 Å². The van der Waals surface area contributed by atoms with Crippen LogP contribution in [0.15, 0.2) is 24.4 Å². The number of nitrogens with one attached hydrogen (secondary N) is 1. The number of hydrogen-bond acceptors (Lipinski definition) is 3. The molecular formula is C13H20N2O. The fraction of sp³-hybridized carbons (Fsp3) is 0.615. The Bertz CT molecular complexity index is 296. The van der Waals surface area contributed by atoms with Gasteiger partial charge in [0, 0.05) is 12.7 Å². The number of ether oxygens (including phenoxy) is 1. The second-order valence-electron chi connectivity index (χ2n) is 4.44. The van der Waals surface area contributed by atoms with Crippen LogP contribution in [0.25, 0.3) is 0 Å². The molecular weight excluding hydrogens is 200 g/mol. The molecule has 0 bridgehead atoms. The first kappa shape index (κ1) is 11.6. The van der Waals surface area contributed by atoms with Gasteiger partial charge in [0.1, 0.15) is 0 Å². The molecule has 0 spiro atoms. The van der Waals surface area contributed by atoms with Gasteiger partial charge in [-0.15, -0.1) is 0 Å². The molecule has 1 aromatic rings. The van der Waals surface area contributed by atoms with Crippen molar-refractivity contribution < 1.29 is 4.74 Å². The topological polar surface area (TPSA) is 34.1 Å². The van der Waals surface area contributed by atoms with Gasteiger partial charge >= 0.3 is 0 Å². The number of piperidine rings is 1. The Morgan fingerprint density at radius 2 is 2.50 bits per heavy atom. The highest BCUT2D eigenvalue weighted by Crippen LogP contribution is 2.17. The Kier molecular flexibility index (Phi) is 4.31. The van der Waals surface area contributed by atoms with Crippen molar-refractivity contribution >= 4 is 0 Å². The van der Waals surface area contributed by atoms with Gasteiger partial charge in [-0.05, 0) is 44.4 Å². The first-order chi connectivity index (χ1) is 7.86. The monoisotopic (exact) mass is 220 g/mol. The molecule has 3 heteroatoms. The molecule has 16 heavy (non-hydrogen) atoms. The second kappa shape index (κ2) is 5.97.